The average molecular weight is 311 g/mol. The van der Waals surface area contributed by atoms with Crippen LogP contribution in [0.3, 0.4) is 0 Å². The van der Waals surface area contributed by atoms with Crippen molar-refractivity contribution in [2.75, 3.05) is 0 Å². The van der Waals surface area contributed by atoms with Gasteiger partial charge in [-0.2, -0.15) is 5.10 Å². The molecule has 0 saturated heterocycles. The number of rotatable bonds is 5. The van der Waals surface area contributed by atoms with Crippen molar-refractivity contribution in [2.45, 2.75) is 46.3 Å². The lowest BCUT2D eigenvalue weighted by atomic mass is 10.0. The maximum atomic E-state index is 13.9. The van der Waals surface area contributed by atoms with E-state index < -0.39 is 11.9 Å². The lowest BCUT2D eigenvalue weighted by Gasteiger charge is -2.14. The van der Waals surface area contributed by atoms with Gasteiger partial charge in [0.05, 0.1) is 22.5 Å². The van der Waals surface area contributed by atoms with Crippen LogP contribution in [0.1, 0.15) is 42.5 Å². The number of aryl methyl sites for hydroxylation is 3. The van der Waals surface area contributed by atoms with Crippen LogP contribution in [0.2, 0.25) is 5.02 Å². The summed E-state index contributed by atoms with van der Waals surface area (Å²) in [5.41, 5.74) is 2.78. The monoisotopic (exact) mass is 310 g/mol. The molecular weight excluding hydrogens is 291 g/mol. The third-order valence-corrected chi connectivity index (χ3v) is 4.03. The van der Waals surface area contributed by atoms with Gasteiger partial charge in [0.1, 0.15) is 5.82 Å². The Kier molecular flexibility index (Phi) is 5.01. The maximum absolute atomic E-state index is 13.9. The number of aliphatic hydroxyl groups excluding tert-OH is 1. The number of aliphatic hydroxyl groups is 1. The van der Waals surface area contributed by atoms with Crippen molar-refractivity contribution in [1.29, 1.82) is 0 Å². The zero-order valence-electron chi connectivity index (χ0n) is 12.5. The van der Waals surface area contributed by atoms with E-state index in [0.717, 1.165) is 23.4 Å². The van der Waals surface area contributed by atoms with Crippen molar-refractivity contribution in [1.82, 2.24) is 9.78 Å². The number of halogens is 2. The number of hydrogen-bond acceptors (Lipinski definition) is 2. The molecule has 21 heavy (non-hydrogen) atoms. The summed E-state index contributed by atoms with van der Waals surface area (Å²) in [5.74, 6) is -0.400. The Balaban J connectivity index is 2.33. The Labute approximate surface area is 129 Å². The average Bonchev–Trinajstić information content (AvgIpc) is 2.77. The molecule has 1 N–H and O–H groups in total. The molecule has 3 nitrogen and oxygen atoms in total. The molecule has 0 aliphatic carbocycles. The fourth-order valence-electron chi connectivity index (χ4n) is 2.42. The molecule has 0 aliphatic heterocycles. The first kappa shape index (κ1) is 16.0. The molecule has 1 heterocycles. The van der Waals surface area contributed by atoms with Crippen LogP contribution in [-0.2, 0) is 19.4 Å². The van der Waals surface area contributed by atoms with E-state index in [9.17, 15) is 9.50 Å². The van der Waals surface area contributed by atoms with Gasteiger partial charge in [-0.25, -0.2) is 4.39 Å². The first-order valence-electron chi connectivity index (χ1n) is 7.16. The summed E-state index contributed by atoms with van der Waals surface area (Å²) in [7, 11) is 0. The van der Waals surface area contributed by atoms with Gasteiger partial charge in [-0.3, -0.25) is 4.68 Å². The smallest absolute Gasteiger partial charge is 0.129 e. The highest BCUT2D eigenvalue weighted by Gasteiger charge is 2.20. The highest BCUT2D eigenvalue weighted by atomic mass is 35.5. The lowest BCUT2D eigenvalue weighted by Crippen LogP contribution is -2.10. The second kappa shape index (κ2) is 6.58. The Morgan fingerprint density at radius 2 is 2.10 bits per heavy atom. The molecule has 0 bridgehead atoms. The number of benzene rings is 1. The molecular formula is C16H20ClFN2O. The van der Waals surface area contributed by atoms with Gasteiger partial charge in [0.25, 0.3) is 0 Å². The van der Waals surface area contributed by atoms with E-state index in [1.54, 1.807) is 16.8 Å². The fourth-order valence-corrected chi connectivity index (χ4v) is 2.77. The van der Waals surface area contributed by atoms with Gasteiger partial charge in [-0.1, -0.05) is 36.2 Å². The van der Waals surface area contributed by atoms with Crippen LogP contribution < -0.4 is 0 Å². The van der Waals surface area contributed by atoms with Gasteiger partial charge < -0.3 is 5.11 Å². The van der Waals surface area contributed by atoms with Crippen LogP contribution in [0.5, 0.6) is 0 Å². The minimum atomic E-state index is -0.936. The number of nitrogens with zero attached hydrogens (tertiary/aromatic N) is 2. The Bertz CT molecular complexity index is 639. The van der Waals surface area contributed by atoms with Gasteiger partial charge >= 0.3 is 0 Å². The van der Waals surface area contributed by atoms with Gasteiger partial charge in [0, 0.05) is 18.5 Å². The summed E-state index contributed by atoms with van der Waals surface area (Å²) in [5, 5.41) is 15.4. The minimum Gasteiger partial charge on any atom is -0.388 e. The van der Waals surface area contributed by atoms with E-state index in [4.69, 9.17) is 11.6 Å². The highest BCUT2D eigenvalue weighted by molar-refractivity contribution is 6.31. The van der Waals surface area contributed by atoms with E-state index in [2.05, 4.69) is 5.10 Å². The van der Waals surface area contributed by atoms with Crippen LogP contribution >= 0.6 is 11.6 Å². The van der Waals surface area contributed by atoms with Crippen molar-refractivity contribution in [3.63, 3.8) is 0 Å². The van der Waals surface area contributed by atoms with E-state index >= 15 is 0 Å². The zero-order chi connectivity index (χ0) is 15.6. The van der Waals surface area contributed by atoms with Crippen LogP contribution in [0, 0.1) is 12.7 Å². The molecule has 5 heteroatoms. The molecule has 2 aromatic rings. The summed E-state index contributed by atoms with van der Waals surface area (Å²) < 4.78 is 15.6. The van der Waals surface area contributed by atoms with Crippen molar-refractivity contribution < 1.29 is 9.50 Å². The first-order valence-corrected chi connectivity index (χ1v) is 7.53. The van der Waals surface area contributed by atoms with E-state index in [1.807, 2.05) is 20.8 Å². The summed E-state index contributed by atoms with van der Waals surface area (Å²) in [4.78, 5) is 0. The molecule has 0 fully saturated rings. The number of aromatic nitrogens is 2. The van der Waals surface area contributed by atoms with Gasteiger partial charge in [0.2, 0.25) is 0 Å². The normalized spacial score (nSPS) is 12.7. The van der Waals surface area contributed by atoms with Crippen LogP contribution in [0.4, 0.5) is 4.39 Å². The zero-order valence-corrected chi connectivity index (χ0v) is 13.3. The molecule has 1 atom stereocenters. The molecule has 0 aliphatic rings. The Morgan fingerprint density at radius 1 is 1.38 bits per heavy atom. The minimum absolute atomic E-state index is 0.250. The standard InChI is InChI=1S/C16H20ClFN2O/c1-4-13-16(17)14(20(5-2)19-13)9-15(21)11-8-10(3)6-7-12(11)18/h6-8,15,21H,4-5,9H2,1-3H3. The van der Waals surface area contributed by atoms with Crippen LogP contribution in [0.15, 0.2) is 18.2 Å². The summed E-state index contributed by atoms with van der Waals surface area (Å²) >= 11 is 6.32. The third kappa shape index (κ3) is 3.27. The summed E-state index contributed by atoms with van der Waals surface area (Å²) in [6.45, 7) is 6.48. The molecule has 0 radical (unpaired) electrons. The maximum Gasteiger partial charge on any atom is 0.129 e. The van der Waals surface area contributed by atoms with Crippen molar-refractivity contribution in [2.24, 2.45) is 0 Å². The molecule has 1 unspecified atom stereocenters. The Hall–Kier alpha value is -1.39. The largest absolute Gasteiger partial charge is 0.388 e. The quantitative estimate of drug-likeness (QED) is 0.911. The molecule has 2 rings (SSSR count). The second-order valence-electron chi connectivity index (χ2n) is 5.12. The third-order valence-electron chi connectivity index (χ3n) is 3.59. The number of hydrogen-bond donors (Lipinski definition) is 1. The van der Waals surface area contributed by atoms with Crippen molar-refractivity contribution in [3.05, 3.63) is 51.6 Å². The first-order chi connectivity index (χ1) is 9.97. The van der Waals surface area contributed by atoms with Crippen molar-refractivity contribution in [3.8, 4) is 0 Å². The van der Waals surface area contributed by atoms with E-state index in [-0.39, 0.29) is 6.42 Å². The molecule has 114 valence electrons. The molecule has 0 spiro atoms. The Morgan fingerprint density at radius 3 is 2.71 bits per heavy atom. The van der Waals surface area contributed by atoms with Crippen LogP contribution in [-0.4, -0.2) is 14.9 Å². The van der Waals surface area contributed by atoms with Gasteiger partial charge in [0.15, 0.2) is 0 Å². The predicted octanol–water partition coefficient (Wildman–Crippen LogP) is 3.84. The highest BCUT2D eigenvalue weighted by Crippen LogP contribution is 2.28. The van der Waals surface area contributed by atoms with E-state index in [1.165, 1.54) is 6.07 Å². The molecule has 1 aromatic heterocycles. The van der Waals surface area contributed by atoms with Crippen molar-refractivity contribution >= 4 is 11.6 Å². The topological polar surface area (TPSA) is 38.0 Å². The lowest BCUT2D eigenvalue weighted by molar-refractivity contribution is 0.170. The van der Waals surface area contributed by atoms with E-state index in [0.29, 0.717) is 17.1 Å². The SMILES string of the molecule is CCc1nn(CC)c(CC(O)c2cc(C)ccc2F)c1Cl. The molecule has 0 saturated carbocycles. The predicted molar refractivity (Wildman–Crippen MR) is 82.1 cm³/mol. The fraction of sp³-hybridized carbons (Fsp3) is 0.438. The molecule has 0 amide bonds. The summed E-state index contributed by atoms with van der Waals surface area (Å²) in [6.07, 6.45) is 0.0439. The molecule has 1 aromatic carbocycles. The second-order valence-corrected chi connectivity index (χ2v) is 5.50. The summed E-state index contributed by atoms with van der Waals surface area (Å²) in [6, 6.07) is 4.73. The van der Waals surface area contributed by atoms with Gasteiger partial charge in [-0.15, -0.1) is 0 Å². The van der Waals surface area contributed by atoms with Gasteiger partial charge in [-0.05, 0) is 26.3 Å². The van der Waals surface area contributed by atoms with Crippen LogP contribution in [0.25, 0.3) is 0 Å².